The highest BCUT2D eigenvalue weighted by Gasteiger charge is 2.47. The van der Waals surface area contributed by atoms with Crippen molar-refractivity contribution in [3.63, 3.8) is 0 Å². The van der Waals surface area contributed by atoms with E-state index in [4.69, 9.17) is 18.9 Å². The van der Waals surface area contributed by atoms with E-state index in [0.29, 0.717) is 54.4 Å². The molecule has 1 aromatic rings. The lowest BCUT2D eigenvalue weighted by Crippen LogP contribution is -2.43. The van der Waals surface area contributed by atoms with Crippen LogP contribution in [0.25, 0.3) is 0 Å². The topological polar surface area (TPSA) is 100 Å². The SMILES string of the molecule is CCCOCCOC(=O)C1=C(C)NC2=C(C(=O)[C@H](C(=O)OC)[C@@H](C)C2)[C@H]1c1cccc(OCC)c1. The Hall–Kier alpha value is -3.13. The average molecular weight is 486 g/mol. The summed E-state index contributed by atoms with van der Waals surface area (Å²) >= 11 is 0. The number of Topliss-reactive ketones (excluding diaryl/α,β-unsaturated/α-hetero) is 1. The summed E-state index contributed by atoms with van der Waals surface area (Å²) in [5, 5.41) is 3.26. The summed E-state index contributed by atoms with van der Waals surface area (Å²) in [6, 6.07) is 7.33. The van der Waals surface area contributed by atoms with Gasteiger partial charge in [-0.1, -0.05) is 26.0 Å². The summed E-state index contributed by atoms with van der Waals surface area (Å²) in [6.07, 6.45) is 1.35. The maximum absolute atomic E-state index is 13.7. The third-order valence-corrected chi connectivity index (χ3v) is 6.27. The molecule has 0 amide bonds. The Morgan fingerprint density at radius 3 is 2.60 bits per heavy atom. The van der Waals surface area contributed by atoms with E-state index >= 15 is 0 Å². The number of carbonyl (C=O) groups is 3. The molecule has 0 bridgehead atoms. The van der Waals surface area contributed by atoms with Crippen LogP contribution in [0.3, 0.4) is 0 Å². The van der Waals surface area contributed by atoms with Gasteiger partial charge in [0.25, 0.3) is 0 Å². The minimum Gasteiger partial charge on any atom is -0.494 e. The summed E-state index contributed by atoms with van der Waals surface area (Å²) in [4.78, 5) is 39.6. The van der Waals surface area contributed by atoms with Crippen LogP contribution in [0, 0.1) is 11.8 Å². The van der Waals surface area contributed by atoms with E-state index in [9.17, 15) is 14.4 Å². The van der Waals surface area contributed by atoms with Crippen LogP contribution in [0.4, 0.5) is 0 Å². The van der Waals surface area contributed by atoms with Crippen molar-refractivity contribution in [3.8, 4) is 5.75 Å². The molecule has 2 aliphatic rings. The van der Waals surface area contributed by atoms with Gasteiger partial charge in [-0.2, -0.15) is 0 Å². The van der Waals surface area contributed by atoms with Gasteiger partial charge in [0.1, 0.15) is 18.3 Å². The molecule has 1 aromatic carbocycles. The van der Waals surface area contributed by atoms with Crippen molar-refractivity contribution in [1.82, 2.24) is 5.32 Å². The van der Waals surface area contributed by atoms with E-state index in [2.05, 4.69) is 5.32 Å². The second kappa shape index (κ2) is 12.0. The van der Waals surface area contributed by atoms with E-state index in [1.807, 2.05) is 45.0 Å². The zero-order valence-electron chi connectivity index (χ0n) is 21.1. The third-order valence-electron chi connectivity index (χ3n) is 6.27. The van der Waals surface area contributed by atoms with Crippen LogP contribution < -0.4 is 10.1 Å². The molecule has 0 saturated carbocycles. The molecule has 3 rings (SSSR count). The second-order valence-corrected chi connectivity index (χ2v) is 8.79. The molecule has 0 unspecified atom stereocenters. The van der Waals surface area contributed by atoms with E-state index in [1.165, 1.54) is 7.11 Å². The van der Waals surface area contributed by atoms with Crippen LogP contribution in [-0.2, 0) is 28.6 Å². The highest BCUT2D eigenvalue weighted by Crippen LogP contribution is 2.45. The molecule has 0 radical (unpaired) electrons. The van der Waals surface area contributed by atoms with Crippen molar-refractivity contribution in [2.45, 2.75) is 46.5 Å². The lowest BCUT2D eigenvalue weighted by Gasteiger charge is -2.38. The van der Waals surface area contributed by atoms with Crippen LogP contribution in [0.1, 0.15) is 52.0 Å². The molecule has 1 aliphatic carbocycles. The smallest absolute Gasteiger partial charge is 0.336 e. The molecule has 0 aromatic heterocycles. The van der Waals surface area contributed by atoms with Gasteiger partial charge in [0, 0.05) is 29.5 Å². The number of esters is 2. The summed E-state index contributed by atoms with van der Waals surface area (Å²) in [5.41, 5.74) is 2.78. The van der Waals surface area contributed by atoms with Gasteiger partial charge in [-0.15, -0.1) is 0 Å². The number of dihydropyridines is 1. The lowest BCUT2D eigenvalue weighted by atomic mass is 9.69. The summed E-state index contributed by atoms with van der Waals surface area (Å²) in [7, 11) is 1.28. The predicted octanol–water partition coefficient (Wildman–Crippen LogP) is 3.67. The Balaban J connectivity index is 2.04. The number of hydrogen-bond donors (Lipinski definition) is 1. The quantitative estimate of drug-likeness (QED) is 0.304. The first-order valence-electron chi connectivity index (χ1n) is 12.1. The molecule has 35 heavy (non-hydrogen) atoms. The molecule has 1 aliphatic heterocycles. The number of hydrogen-bond acceptors (Lipinski definition) is 8. The van der Waals surface area contributed by atoms with Gasteiger partial charge in [-0.05, 0) is 50.3 Å². The van der Waals surface area contributed by atoms with E-state index < -0.39 is 23.8 Å². The van der Waals surface area contributed by atoms with Crippen molar-refractivity contribution in [1.29, 1.82) is 0 Å². The van der Waals surface area contributed by atoms with E-state index in [0.717, 1.165) is 12.1 Å². The zero-order chi connectivity index (χ0) is 25.5. The van der Waals surface area contributed by atoms with Gasteiger partial charge >= 0.3 is 11.9 Å². The Morgan fingerprint density at radius 1 is 1.14 bits per heavy atom. The average Bonchev–Trinajstić information content (AvgIpc) is 2.83. The van der Waals surface area contributed by atoms with Gasteiger partial charge in [0.2, 0.25) is 0 Å². The van der Waals surface area contributed by atoms with Gasteiger partial charge in [-0.25, -0.2) is 4.79 Å². The monoisotopic (exact) mass is 485 g/mol. The number of benzene rings is 1. The third kappa shape index (κ3) is 5.75. The Bertz CT molecular complexity index is 1030. The molecule has 1 N–H and O–H groups in total. The molecular formula is C27H35NO7. The van der Waals surface area contributed by atoms with Crippen molar-refractivity contribution in [2.75, 3.05) is 33.5 Å². The molecule has 1 heterocycles. The van der Waals surface area contributed by atoms with Crippen LogP contribution in [0.15, 0.2) is 46.8 Å². The van der Waals surface area contributed by atoms with Gasteiger partial charge in [0.15, 0.2) is 5.78 Å². The molecule has 8 nitrogen and oxygen atoms in total. The van der Waals surface area contributed by atoms with Crippen LogP contribution >= 0.6 is 0 Å². The van der Waals surface area contributed by atoms with Crippen molar-refractivity contribution in [2.24, 2.45) is 11.8 Å². The standard InChI is InChI=1S/C27H35NO7/c1-6-11-33-12-13-35-27(31)22-17(4)28-20-14-16(3)21(26(30)32-5)25(29)24(20)23(22)18-9-8-10-19(15-18)34-7-2/h8-10,15-16,21,23,28H,6-7,11-14H2,1-5H3/t16-,21+,23-/m0/s1. The van der Waals surface area contributed by atoms with E-state index in [1.54, 1.807) is 6.92 Å². The minimum absolute atomic E-state index is 0.100. The first-order valence-corrected chi connectivity index (χ1v) is 12.1. The van der Waals surface area contributed by atoms with Gasteiger partial charge < -0.3 is 24.3 Å². The number of ketones is 1. The highest BCUT2D eigenvalue weighted by molar-refractivity contribution is 6.12. The second-order valence-electron chi connectivity index (χ2n) is 8.79. The molecule has 8 heteroatoms. The van der Waals surface area contributed by atoms with Crippen LogP contribution in [-0.4, -0.2) is 51.3 Å². The van der Waals surface area contributed by atoms with Crippen molar-refractivity contribution >= 4 is 17.7 Å². The highest BCUT2D eigenvalue weighted by atomic mass is 16.6. The normalized spacial score (nSPS) is 21.9. The number of rotatable bonds is 10. The van der Waals surface area contributed by atoms with Crippen LogP contribution in [0.5, 0.6) is 5.75 Å². The summed E-state index contributed by atoms with van der Waals surface area (Å²) in [5.74, 6) is -2.69. The molecule has 190 valence electrons. The Morgan fingerprint density at radius 2 is 1.91 bits per heavy atom. The fourth-order valence-corrected chi connectivity index (χ4v) is 4.75. The summed E-state index contributed by atoms with van der Waals surface area (Å²) < 4.78 is 21.6. The fraction of sp³-hybridized carbons (Fsp3) is 0.519. The molecule has 0 fully saturated rings. The first-order chi connectivity index (χ1) is 16.8. The van der Waals surface area contributed by atoms with Crippen molar-refractivity contribution in [3.05, 3.63) is 52.4 Å². The van der Waals surface area contributed by atoms with E-state index in [-0.39, 0.29) is 18.3 Å². The number of methoxy groups -OCH3 is 1. The lowest BCUT2D eigenvalue weighted by molar-refractivity contribution is -0.151. The number of ether oxygens (including phenoxy) is 4. The maximum atomic E-state index is 13.7. The van der Waals surface area contributed by atoms with Gasteiger partial charge in [0.05, 0.1) is 25.9 Å². The van der Waals surface area contributed by atoms with Crippen molar-refractivity contribution < 1.29 is 33.3 Å². The number of carbonyl (C=O) groups excluding carboxylic acids is 3. The Labute approximate surface area is 206 Å². The largest absolute Gasteiger partial charge is 0.494 e. The molecule has 0 saturated heterocycles. The fourth-order valence-electron chi connectivity index (χ4n) is 4.75. The Kier molecular flexibility index (Phi) is 9.09. The molecular weight excluding hydrogens is 450 g/mol. The van der Waals surface area contributed by atoms with Gasteiger partial charge in [-0.3, -0.25) is 9.59 Å². The first kappa shape index (κ1) is 26.5. The molecule has 3 atom stereocenters. The van der Waals surface area contributed by atoms with Crippen LogP contribution in [0.2, 0.25) is 0 Å². The minimum atomic E-state index is -0.934. The number of nitrogens with one attached hydrogen (secondary N) is 1. The number of allylic oxidation sites excluding steroid dienone is 3. The predicted molar refractivity (Wildman–Crippen MR) is 130 cm³/mol. The summed E-state index contributed by atoms with van der Waals surface area (Å²) in [6.45, 7) is 9.00. The zero-order valence-corrected chi connectivity index (χ0v) is 21.1. The maximum Gasteiger partial charge on any atom is 0.336 e. The molecule has 0 spiro atoms.